The van der Waals surface area contributed by atoms with E-state index >= 15 is 0 Å². The zero-order chi connectivity index (χ0) is 15.5. The largest absolute Gasteiger partial charge is 0.381 e. The number of amides is 1. The van der Waals surface area contributed by atoms with Crippen molar-refractivity contribution in [2.45, 2.75) is 18.9 Å². The molecule has 0 unspecified atom stereocenters. The van der Waals surface area contributed by atoms with E-state index in [1.807, 2.05) is 12.1 Å². The van der Waals surface area contributed by atoms with Crippen molar-refractivity contribution in [3.05, 3.63) is 41.2 Å². The molecule has 3 rings (SSSR count). The summed E-state index contributed by atoms with van der Waals surface area (Å²) in [5.41, 5.74) is 1.17. The van der Waals surface area contributed by atoms with Gasteiger partial charge in [0.1, 0.15) is 0 Å². The number of hydrogen-bond donors (Lipinski definition) is 0. The van der Waals surface area contributed by atoms with Crippen molar-refractivity contribution >= 4 is 17.5 Å². The maximum absolute atomic E-state index is 12.4. The normalized spacial score (nSPS) is 16.0. The lowest BCUT2D eigenvalue weighted by Gasteiger charge is -2.30. The number of piperidine rings is 1. The van der Waals surface area contributed by atoms with Gasteiger partial charge in [0.25, 0.3) is 5.91 Å². The molecule has 2 heterocycles. The highest BCUT2D eigenvalue weighted by molar-refractivity contribution is 6.30. The minimum Gasteiger partial charge on any atom is -0.381 e. The summed E-state index contributed by atoms with van der Waals surface area (Å²) >= 11 is 5.86. The summed E-state index contributed by atoms with van der Waals surface area (Å²) in [4.78, 5) is 14.2. The number of likely N-dealkylation sites (tertiary alicyclic amines) is 1. The van der Waals surface area contributed by atoms with Crippen LogP contribution in [0.3, 0.4) is 0 Å². The van der Waals surface area contributed by atoms with E-state index in [1.54, 1.807) is 35.0 Å². The fourth-order valence-corrected chi connectivity index (χ4v) is 2.66. The number of aromatic nitrogens is 3. The molecule has 7 heteroatoms. The molecule has 0 N–H and O–H groups in total. The Balaban J connectivity index is 1.71. The molecule has 1 aromatic heterocycles. The highest BCUT2D eigenvalue weighted by Crippen LogP contribution is 2.16. The summed E-state index contributed by atoms with van der Waals surface area (Å²) in [6.45, 7) is 1.37. The molecule has 6 nitrogen and oxygen atoms in total. The summed E-state index contributed by atoms with van der Waals surface area (Å²) < 4.78 is 6.89. The van der Waals surface area contributed by atoms with Gasteiger partial charge in [0, 0.05) is 25.2 Å². The number of halogens is 1. The Labute approximate surface area is 133 Å². The van der Waals surface area contributed by atoms with Gasteiger partial charge in [-0.3, -0.25) is 4.79 Å². The molecule has 0 saturated carbocycles. The SMILES string of the molecule is COC1CCN(C(=O)c2cn(-c3ccc(Cl)cc3)nn2)CC1. The van der Waals surface area contributed by atoms with Crippen LogP contribution in [0, 0.1) is 0 Å². The molecule has 1 fully saturated rings. The monoisotopic (exact) mass is 320 g/mol. The van der Waals surface area contributed by atoms with Crippen molar-refractivity contribution in [1.82, 2.24) is 19.9 Å². The lowest BCUT2D eigenvalue weighted by Crippen LogP contribution is -2.40. The van der Waals surface area contributed by atoms with Gasteiger partial charge in [-0.25, -0.2) is 4.68 Å². The molecule has 0 atom stereocenters. The van der Waals surface area contributed by atoms with Crippen LogP contribution in [-0.2, 0) is 4.74 Å². The fraction of sp³-hybridized carbons (Fsp3) is 0.400. The van der Waals surface area contributed by atoms with Gasteiger partial charge >= 0.3 is 0 Å². The summed E-state index contributed by atoms with van der Waals surface area (Å²) in [5, 5.41) is 8.66. The van der Waals surface area contributed by atoms with Crippen LogP contribution >= 0.6 is 11.6 Å². The predicted molar refractivity (Wildman–Crippen MR) is 82.3 cm³/mol. The first-order valence-corrected chi connectivity index (χ1v) is 7.55. The Morgan fingerprint density at radius 1 is 1.27 bits per heavy atom. The molecule has 0 aliphatic carbocycles. The average molecular weight is 321 g/mol. The molecule has 1 aliphatic rings. The number of nitrogens with zero attached hydrogens (tertiary/aromatic N) is 4. The average Bonchev–Trinajstić information content (AvgIpc) is 3.05. The number of benzene rings is 1. The predicted octanol–water partition coefficient (Wildman–Crippen LogP) is 2.17. The zero-order valence-corrected chi connectivity index (χ0v) is 13.0. The fourth-order valence-electron chi connectivity index (χ4n) is 2.54. The Morgan fingerprint density at radius 2 is 1.95 bits per heavy atom. The number of rotatable bonds is 3. The minimum atomic E-state index is -0.0882. The zero-order valence-electron chi connectivity index (χ0n) is 12.3. The van der Waals surface area contributed by atoms with Gasteiger partial charge in [-0.15, -0.1) is 5.10 Å². The van der Waals surface area contributed by atoms with E-state index < -0.39 is 0 Å². The van der Waals surface area contributed by atoms with Crippen molar-refractivity contribution in [3.63, 3.8) is 0 Å². The molecule has 1 aliphatic heterocycles. The number of ether oxygens (including phenoxy) is 1. The quantitative estimate of drug-likeness (QED) is 0.869. The lowest BCUT2D eigenvalue weighted by molar-refractivity contribution is 0.0347. The highest BCUT2D eigenvalue weighted by atomic mass is 35.5. The van der Waals surface area contributed by atoms with Crippen molar-refractivity contribution in [2.75, 3.05) is 20.2 Å². The highest BCUT2D eigenvalue weighted by Gasteiger charge is 2.25. The van der Waals surface area contributed by atoms with Crippen LogP contribution in [0.1, 0.15) is 23.3 Å². The molecular weight excluding hydrogens is 304 g/mol. The first-order valence-electron chi connectivity index (χ1n) is 7.18. The number of methoxy groups -OCH3 is 1. The second-order valence-electron chi connectivity index (χ2n) is 5.25. The summed E-state index contributed by atoms with van der Waals surface area (Å²) in [5.74, 6) is -0.0882. The molecule has 0 radical (unpaired) electrons. The minimum absolute atomic E-state index is 0.0882. The molecule has 1 amide bonds. The molecular formula is C15H17ClN4O2. The molecule has 1 saturated heterocycles. The third kappa shape index (κ3) is 3.13. The van der Waals surface area contributed by atoms with Crippen LogP contribution in [-0.4, -0.2) is 52.1 Å². The van der Waals surface area contributed by atoms with Gasteiger partial charge in [0.15, 0.2) is 5.69 Å². The number of carbonyl (C=O) groups excluding carboxylic acids is 1. The van der Waals surface area contributed by atoms with Gasteiger partial charge in [-0.1, -0.05) is 16.8 Å². The Hall–Kier alpha value is -1.92. The third-order valence-electron chi connectivity index (χ3n) is 3.87. The van der Waals surface area contributed by atoms with Crippen LogP contribution < -0.4 is 0 Å². The van der Waals surface area contributed by atoms with Crippen molar-refractivity contribution in [2.24, 2.45) is 0 Å². The van der Waals surface area contributed by atoms with Crippen LogP contribution in [0.4, 0.5) is 0 Å². The lowest BCUT2D eigenvalue weighted by atomic mass is 10.1. The van der Waals surface area contributed by atoms with Crippen LogP contribution in [0.15, 0.2) is 30.5 Å². The second-order valence-corrected chi connectivity index (χ2v) is 5.69. The van der Waals surface area contributed by atoms with E-state index in [4.69, 9.17) is 16.3 Å². The summed E-state index contributed by atoms with van der Waals surface area (Å²) in [6, 6.07) is 7.20. The summed E-state index contributed by atoms with van der Waals surface area (Å²) in [6.07, 6.45) is 3.60. The van der Waals surface area contributed by atoms with Crippen molar-refractivity contribution in [1.29, 1.82) is 0 Å². The maximum atomic E-state index is 12.4. The van der Waals surface area contributed by atoms with E-state index in [0.29, 0.717) is 23.8 Å². The number of carbonyl (C=O) groups is 1. The van der Waals surface area contributed by atoms with Gasteiger partial charge < -0.3 is 9.64 Å². The van der Waals surface area contributed by atoms with Crippen molar-refractivity contribution in [3.8, 4) is 5.69 Å². The van der Waals surface area contributed by atoms with E-state index in [9.17, 15) is 4.79 Å². The van der Waals surface area contributed by atoms with Crippen molar-refractivity contribution < 1.29 is 9.53 Å². The molecule has 22 heavy (non-hydrogen) atoms. The smallest absolute Gasteiger partial charge is 0.276 e. The molecule has 0 spiro atoms. The Bertz CT molecular complexity index is 648. The molecule has 116 valence electrons. The number of hydrogen-bond acceptors (Lipinski definition) is 4. The van der Waals surface area contributed by atoms with Gasteiger partial charge in [-0.05, 0) is 37.1 Å². The van der Waals surface area contributed by atoms with E-state index in [2.05, 4.69) is 10.3 Å². The van der Waals surface area contributed by atoms with Gasteiger partial charge in [-0.2, -0.15) is 0 Å². The Morgan fingerprint density at radius 3 is 2.59 bits per heavy atom. The van der Waals surface area contributed by atoms with E-state index in [0.717, 1.165) is 18.5 Å². The molecule has 0 bridgehead atoms. The maximum Gasteiger partial charge on any atom is 0.276 e. The first-order chi connectivity index (χ1) is 10.7. The van der Waals surface area contributed by atoms with Crippen LogP contribution in [0.2, 0.25) is 5.02 Å². The van der Waals surface area contributed by atoms with Crippen LogP contribution in [0.25, 0.3) is 5.69 Å². The van der Waals surface area contributed by atoms with E-state index in [1.165, 1.54) is 0 Å². The summed E-state index contributed by atoms with van der Waals surface area (Å²) in [7, 11) is 1.71. The first kappa shape index (κ1) is 15.0. The molecule has 2 aromatic rings. The topological polar surface area (TPSA) is 60.2 Å². The van der Waals surface area contributed by atoms with E-state index in [-0.39, 0.29) is 12.0 Å². The van der Waals surface area contributed by atoms with Gasteiger partial charge in [0.05, 0.1) is 18.0 Å². The third-order valence-corrected chi connectivity index (χ3v) is 4.12. The van der Waals surface area contributed by atoms with Gasteiger partial charge in [0.2, 0.25) is 0 Å². The van der Waals surface area contributed by atoms with Crippen LogP contribution in [0.5, 0.6) is 0 Å². The Kier molecular flexibility index (Phi) is 4.40. The second kappa shape index (κ2) is 6.46. The standard InChI is InChI=1S/C15H17ClN4O2/c1-22-13-6-8-19(9-7-13)15(21)14-10-20(18-17-14)12-4-2-11(16)3-5-12/h2-5,10,13H,6-9H2,1H3. The molecule has 1 aromatic carbocycles.